The number of aromatic nitrogens is 4. The lowest BCUT2D eigenvalue weighted by atomic mass is 10.2. The van der Waals surface area contributed by atoms with Gasteiger partial charge in [0.1, 0.15) is 11.5 Å². The lowest BCUT2D eigenvalue weighted by molar-refractivity contribution is 0.611. The third-order valence-electron chi connectivity index (χ3n) is 2.60. The molecule has 3 aromatic rings. The van der Waals surface area contributed by atoms with Crippen LogP contribution in [0.4, 0.5) is 4.39 Å². The van der Waals surface area contributed by atoms with E-state index in [4.69, 9.17) is 11.6 Å². The van der Waals surface area contributed by atoms with Gasteiger partial charge in [0, 0.05) is 18.0 Å². The van der Waals surface area contributed by atoms with Gasteiger partial charge in [-0.1, -0.05) is 12.1 Å². The number of rotatable bonds is 2. The number of hydrogen-bond donors (Lipinski definition) is 0. The molecule has 0 aliphatic heterocycles. The Bertz CT molecular complexity index is 726. The third-order valence-corrected chi connectivity index (χ3v) is 2.79. The molecular weight excluding hydrogens is 267 g/mol. The smallest absolute Gasteiger partial charge is 0.222 e. The molecule has 2 aromatic heterocycles. The molecular formula is C13H8ClFN4. The van der Waals surface area contributed by atoms with E-state index in [0.717, 1.165) is 5.56 Å². The minimum Gasteiger partial charge on any atom is -0.237 e. The van der Waals surface area contributed by atoms with Crippen LogP contribution in [0.3, 0.4) is 0 Å². The number of nitrogens with zero attached hydrogens (tertiary/aromatic N) is 4. The molecule has 0 spiro atoms. The van der Waals surface area contributed by atoms with Gasteiger partial charge in [0.15, 0.2) is 0 Å². The summed E-state index contributed by atoms with van der Waals surface area (Å²) in [6.07, 6.45) is 4.85. The standard InChI is InChI=1S/C13H8ClFN4/c14-13-16-6-5-11(18-13)9-7-17-19(8-9)12-4-2-1-3-10(12)15/h1-8H. The Morgan fingerprint density at radius 2 is 2.00 bits per heavy atom. The fraction of sp³-hybridized carbons (Fsp3) is 0. The molecule has 0 saturated heterocycles. The Kier molecular flexibility index (Phi) is 2.97. The number of halogens is 2. The quantitative estimate of drug-likeness (QED) is 0.675. The molecule has 0 fully saturated rings. The lowest BCUT2D eigenvalue weighted by Crippen LogP contribution is -1.97. The summed E-state index contributed by atoms with van der Waals surface area (Å²) < 4.78 is 15.1. The highest BCUT2D eigenvalue weighted by molar-refractivity contribution is 6.28. The van der Waals surface area contributed by atoms with Gasteiger partial charge in [-0.05, 0) is 29.8 Å². The second kappa shape index (κ2) is 4.78. The van der Waals surface area contributed by atoms with Gasteiger partial charge in [-0.15, -0.1) is 0 Å². The van der Waals surface area contributed by atoms with Gasteiger partial charge < -0.3 is 0 Å². The molecule has 0 N–H and O–H groups in total. The molecule has 1 aromatic carbocycles. The fourth-order valence-corrected chi connectivity index (χ4v) is 1.87. The van der Waals surface area contributed by atoms with Crippen LogP contribution in [0.1, 0.15) is 0 Å². The van der Waals surface area contributed by atoms with E-state index in [1.165, 1.54) is 10.7 Å². The van der Waals surface area contributed by atoms with Gasteiger partial charge >= 0.3 is 0 Å². The van der Waals surface area contributed by atoms with Gasteiger partial charge in [0.25, 0.3) is 0 Å². The van der Waals surface area contributed by atoms with Gasteiger partial charge in [-0.25, -0.2) is 19.0 Å². The first-order valence-electron chi connectivity index (χ1n) is 5.52. The van der Waals surface area contributed by atoms with Crippen LogP contribution in [0, 0.1) is 5.82 Å². The first kappa shape index (κ1) is 11.8. The molecule has 0 radical (unpaired) electrons. The van der Waals surface area contributed by atoms with Crippen molar-refractivity contribution >= 4 is 11.6 Å². The molecule has 3 rings (SSSR count). The van der Waals surface area contributed by atoms with Crippen molar-refractivity contribution in [1.82, 2.24) is 19.7 Å². The van der Waals surface area contributed by atoms with Crippen LogP contribution >= 0.6 is 11.6 Å². The van der Waals surface area contributed by atoms with Gasteiger partial charge in [0.05, 0.1) is 11.9 Å². The van der Waals surface area contributed by atoms with Crippen LogP contribution in [0.25, 0.3) is 16.9 Å². The zero-order valence-corrected chi connectivity index (χ0v) is 10.4. The van der Waals surface area contributed by atoms with E-state index in [1.807, 2.05) is 0 Å². The second-order valence-corrected chi connectivity index (χ2v) is 4.17. The largest absolute Gasteiger partial charge is 0.237 e. The molecule has 0 unspecified atom stereocenters. The predicted molar refractivity (Wildman–Crippen MR) is 69.6 cm³/mol. The summed E-state index contributed by atoms with van der Waals surface area (Å²) in [5.74, 6) is -0.335. The van der Waals surface area contributed by atoms with Crippen molar-refractivity contribution in [3.63, 3.8) is 0 Å². The Morgan fingerprint density at radius 1 is 1.16 bits per heavy atom. The van der Waals surface area contributed by atoms with Crippen molar-refractivity contribution in [2.24, 2.45) is 0 Å². The van der Waals surface area contributed by atoms with Crippen LogP contribution in [-0.4, -0.2) is 19.7 Å². The van der Waals surface area contributed by atoms with Crippen molar-refractivity contribution in [1.29, 1.82) is 0 Å². The van der Waals surface area contributed by atoms with Gasteiger partial charge in [-0.2, -0.15) is 5.10 Å². The SMILES string of the molecule is Fc1ccccc1-n1cc(-c2ccnc(Cl)n2)cn1. The average molecular weight is 275 g/mol. The van der Waals surface area contributed by atoms with Crippen LogP contribution in [0.5, 0.6) is 0 Å². The zero-order valence-electron chi connectivity index (χ0n) is 9.66. The summed E-state index contributed by atoms with van der Waals surface area (Å²) in [4.78, 5) is 7.89. The highest BCUT2D eigenvalue weighted by Gasteiger charge is 2.08. The molecule has 0 atom stereocenters. The Morgan fingerprint density at radius 3 is 2.79 bits per heavy atom. The van der Waals surface area contributed by atoms with Crippen molar-refractivity contribution in [2.75, 3.05) is 0 Å². The summed E-state index contributed by atoms with van der Waals surface area (Å²) in [6, 6.07) is 8.14. The predicted octanol–water partition coefficient (Wildman–Crippen LogP) is 3.12. The molecule has 94 valence electrons. The highest BCUT2D eigenvalue weighted by atomic mass is 35.5. The first-order valence-corrected chi connectivity index (χ1v) is 5.90. The van der Waals surface area contributed by atoms with E-state index in [0.29, 0.717) is 11.4 Å². The number of hydrogen-bond acceptors (Lipinski definition) is 3. The van der Waals surface area contributed by atoms with Crippen molar-refractivity contribution < 1.29 is 4.39 Å². The Balaban J connectivity index is 2.03. The van der Waals surface area contributed by atoms with E-state index in [-0.39, 0.29) is 11.1 Å². The van der Waals surface area contributed by atoms with E-state index in [2.05, 4.69) is 15.1 Å². The Labute approximate surface area is 113 Å². The summed E-state index contributed by atoms with van der Waals surface area (Å²) >= 11 is 5.73. The van der Waals surface area contributed by atoms with Gasteiger partial charge in [0.2, 0.25) is 5.28 Å². The van der Waals surface area contributed by atoms with Crippen molar-refractivity contribution in [2.45, 2.75) is 0 Å². The molecule has 0 saturated carbocycles. The van der Waals surface area contributed by atoms with Crippen LogP contribution in [-0.2, 0) is 0 Å². The minimum atomic E-state index is -0.335. The van der Waals surface area contributed by atoms with Crippen LogP contribution in [0.15, 0.2) is 48.9 Å². The maximum absolute atomic E-state index is 13.6. The maximum atomic E-state index is 13.6. The van der Waals surface area contributed by atoms with Crippen molar-refractivity contribution in [3.8, 4) is 16.9 Å². The van der Waals surface area contributed by atoms with E-state index in [1.54, 1.807) is 42.9 Å². The van der Waals surface area contributed by atoms with Crippen LogP contribution < -0.4 is 0 Å². The zero-order chi connectivity index (χ0) is 13.2. The summed E-state index contributed by atoms with van der Waals surface area (Å²) in [5.41, 5.74) is 1.77. The number of benzene rings is 1. The van der Waals surface area contributed by atoms with Crippen LogP contribution in [0.2, 0.25) is 5.28 Å². The number of para-hydroxylation sites is 1. The first-order chi connectivity index (χ1) is 9.24. The average Bonchev–Trinajstić information content (AvgIpc) is 2.89. The summed E-state index contributed by atoms with van der Waals surface area (Å²) in [5, 5.41) is 4.29. The minimum absolute atomic E-state index is 0.163. The molecule has 0 aliphatic rings. The molecule has 19 heavy (non-hydrogen) atoms. The molecule has 4 nitrogen and oxygen atoms in total. The Hall–Kier alpha value is -2.27. The molecule has 0 aliphatic carbocycles. The van der Waals surface area contributed by atoms with E-state index < -0.39 is 0 Å². The molecule has 0 bridgehead atoms. The topological polar surface area (TPSA) is 43.6 Å². The summed E-state index contributed by atoms with van der Waals surface area (Å²) in [7, 11) is 0. The normalized spacial score (nSPS) is 10.6. The molecule has 6 heteroatoms. The van der Waals surface area contributed by atoms with E-state index >= 15 is 0 Å². The molecule has 2 heterocycles. The third kappa shape index (κ3) is 2.32. The summed E-state index contributed by atoms with van der Waals surface area (Å²) in [6.45, 7) is 0. The van der Waals surface area contributed by atoms with Crippen molar-refractivity contribution in [3.05, 3.63) is 60.0 Å². The fourth-order valence-electron chi connectivity index (χ4n) is 1.72. The lowest BCUT2D eigenvalue weighted by Gasteiger charge is -2.01. The molecule has 0 amide bonds. The van der Waals surface area contributed by atoms with E-state index in [9.17, 15) is 4.39 Å². The maximum Gasteiger partial charge on any atom is 0.222 e. The highest BCUT2D eigenvalue weighted by Crippen LogP contribution is 2.19. The van der Waals surface area contributed by atoms with Gasteiger partial charge in [-0.3, -0.25) is 0 Å². The second-order valence-electron chi connectivity index (χ2n) is 3.84. The monoisotopic (exact) mass is 274 g/mol.